The van der Waals surface area contributed by atoms with Crippen LogP contribution in [-0.4, -0.2) is 74.8 Å². The second-order valence-electron chi connectivity index (χ2n) is 7.54. The van der Waals surface area contributed by atoms with E-state index in [0.29, 0.717) is 19.5 Å². The Kier molecular flexibility index (Phi) is 7.11. The number of nitrogens with two attached hydrogens (primary N) is 1. The quantitative estimate of drug-likeness (QED) is 0.275. The standard InChI is InChI=1S/C19H29N5O3/c25-17-16(14-21-9-13-23-11-7-20-8-12-23)18(26)24(19(27)22-17)10-6-15-4-2-1-3-5-15/h4,14,16,20H,1-3,5-13H2,(H,22,25,27)/p+2/t16-/m1/s1. The second-order valence-corrected chi connectivity index (χ2v) is 7.54. The van der Waals surface area contributed by atoms with Gasteiger partial charge in [0.05, 0.1) is 13.1 Å². The number of urea groups is 1. The maximum Gasteiger partial charge on any atom is 0.330 e. The van der Waals surface area contributed by atoms with E-state index < -0.39 is 23.8 Å². The lowest BCUT2D eigenvalue weighted by Crippen LogP contribution is -3.20. The Morgan fingerprint density at radius 2 is 2.07 bits per heavy atom. The maximum absolute atomic E-state index is 12.6. The number of piperazine rings is 1. The number of hydrogen-bond acceptors (Lipinski definition) is 4. The minimum Gasteiger partial charge on any atom is -0.337 e. The molecular weight excluding hydrogens is 346 g/mol. The summed E-state index contributed by atoms with van der Waals surface area (Å²) >= 11 is 0. The number of carbonyl (C=O) groups excluding carboxylic acids is 3. The third-order valence-electron chi connectivity index (χ3n) is 5.58. The fourth-order valence-electron chi connectivity index (χ4n) is 3.90. The Labute approximate surface area is 160 Å². The monoisotopic (exact) mass is 377 g/mol. The van der Waals surface area contributed by atoms with Crippen molar-refractivity contribution < 1.29 is 24.6 Å². The Morgan fingerprint density at radius 1 is 1.26 bits per heavy atom. The minimum absolute atomic E-state index is 0.322. The van der Waals surface area contributed by atoms with E-state index in [2.05, 4.69) is 21.7 Å². The predicted octanol–water partition coefficient (Wildman–Crippen LogP) is -1.90. The molecule has 0 radical (unpaired) electrons. The molecule has 4 N–H and O–H groups in total. The van der Waals surface area contributed by atoms with E-state index in [1.54, 1.807) is 0 Å². The zero-order chi connectivity index (χ0) is 19.1. The fraction of sp³-hybridized carbons (Fsp3) is 0.684. The van der Waals surface area contributed by atoms with E-state index >= 15 is 0 Å². The molecule has 2 fully saturated rings. The van der Waals surface area contributed by atoms with E-state index in [1.165, 1.54) is 28.0 Å². The van der Waals surface area contributed by atoms with Crippen molar-refractivity contribution in [3.8, 4) is 0 Å². The van der Waals surface area contributed by atoms with E-state index in [1.807, 2.05) is 0 Å². The van der Waals surface area contributed by atoms with Gasteiger partial charge >= 0.3 is 6.03 Å². The van der Waals surface area contributed by atoms with Crippen LogP contribution in [0.25, 0.3) is 0 Å². The lowest BCUT2D eigenvalue weighted by Gasteiger charge is -2.29. The van der Waals surface area contributed by atoms with Gasteiger partial charge in [-0.25, -0.2) is 4.79 Å². The van der Waals surface area contributed by atoms with Crippen LogP contribution in [0.2, 0.25) is 0 Å². The van der Waals surface area contributed by atoms with Crippen LogP contribution in [0.1, 0.15) is 32.1 Å². The van der Waals surface area contributed by atoms with Crippen LogP contribution in [0, 0.1) is 5.92 Å². The fourth-order valence-corrected chi connectivity index (χ4v) is 3.90. The number of imide groups is 2. The van der Waals surface area contributed by atoms with Gasteiger partial charge in [-0.1, -0.05) is 11.6 Å². The molecule has 2 heterocycles. The molecule has 3 aliphatic rings. The second kappa shape index (κ2) is 9.75. The maximum atomic E-state index is 12.6. The highest BCUT2D eigenvalue weighted by molar-refractivity contribution is 6.23. The summed E-state index contributed by atoms with van der Waals surface area (Å²) in [5.74, 6) is -2.02. The molecule has 0 aromatic carbocycles. The molecule has 0 spiro atoms. The molecule has 0 aromatic rings. The van der Waals surface area contributed by atoms with Crippen molar-refractivity contribution in [2.45, 2.75) is 32.1 Å². The van der Waals surface area contributed by atoms with Crippen molar-refractivity contribution in [1.82, 2.24) is 10.2 Å². The molecule has 8 heteroatoms. The van der Waals surface area contributed by atoms with Crippen molar-refractivity contribution in [3.05, 3.63) is 11.6 Å². The average molecular weight is 377 g/mol. The molecule has 148 valence electrons. The molecule has 4 amide bonds. The SMILES string of the molecule is O=C1NC(=O)N(CCC2=CCCCC2)C(=O)[C@@H]1C=NCC[NH+]1CC[NH2+]CC1. The molecule has 0 bridgehead atoms. The van der Waals surface area contributed by atoms with Crippen LogP contribution in [0.3, 0.4) is 0 Å². The number of carbonyl (C=O) groups is 3. The van der Waals surface area contributed by atoms with Crippen molar-refractivity contribution in [3.63, 3.8) is 0 Å². The molecule has 0 saturated carbocycles. The summed E-state index contributed by atoms with van der Waals surface area (Å²) in [6.45, 7) is 6.33. The number of amides is 4. The van der Waals surface area contributed by atoms with Crippen molar-refractivity contribution in [1.29, 1.82) is 0 Å². The summed E-state index contributed by atoms with van der Waals surface area (Å²) in [5.41, 5.74) is 1.30. The molecule has 2 saturated heterocycles. The number of allylic oxidation sites excluding steroid dienone is 1. The number of nitrogens with one attached hydrogen (secondary N) is 2. The summed E-state index contributed by atoms with van der Waals surface area (Å²) in [6.07, 6.45) is 8.79. The van der Waals surface area contributed by atoms with Crippen molar-refractivity contribution in [2.24, 2.45) is 10.9 Å². The number of barbiturate groups is 1. The Balaban J connectivity index is 1.51. The first-order valence-corrected chi connectivity index (χ1v) is 10.1. The highest BCUT2D eigenvalue weighted by Gasteiger charge is 2.39. The van der Waals surface area contributed by atoms with Crippen molar-refractivity contribution >= 4 is 24.1 Å². The van der Waals surface area contributed by atoms with Crippen LogP contribution in [0.5, 0.6) is 0 Å². The summed E-state index contributed by atoms with van der Waals surface area (Å²) < 4.78 is 0. The first-order valence-electron chi connectivity index (χ1n) is 10.1. The Bertz CT molecular complexity index is 625. The van der Waals surface area contributed by atoms with Gasteiger partial charge in [-0.15, -0.1) is 0 Å². The van der Waals surface area contributed by atoms with Crippen molar-refractivity contribution in [2.75, 3.05) is 45.8 Å². The van der Waals surface area contributed by atoms with Gasteiger partial charge in [0.2, 0.25) is 11.8 Å². The van der Waals surface area contributed by atoms with E-state index in [0.717, 1.165) is 52.0 Å². The molecule has 2 aliphatic heterocycles. The normalized spacial score (nSPS) is 25.0. The zero-order valence-corrected chi connectivity index (χ0v) is 15.9. The van der Waals surface area contributed by atoms with E-state index in [4.69, 9.17) is 0 Å². The number of hydrogen-bond donors (Lipinski definition) is 3. The Morgan fingerprint density at radius 3 is 2.81 bits per heavy atom. The van der Waals surface area contributed by atoms with Crippen LogP contribution in [0.15, 0.2) is 16.6 Å². The highest BCUT2D eigenvalue weighted by Crippen LogP contribution is 2.21. The number of rotatable bonds is 7. The lowest BCUT2D eigenvalue weighted by atomic mass is 9.97. The van der Waals surface area contributed by atoms with Crippen LogP contribution in [0.4, 0.5) is 4.79 Å². The summed E-state index contributed by atoms with van der Waals surface area (Å²) in [6, 6.07) is -0.611. The van der Waals surface area contributed by atoms with Gasteiger partial charge in [-0.05, 0) is 32.1 Å². The first-order chi connectivity index (χ1) is 13.1. The van der Waals surface area contributed by atoms with Gasteiger partial charge in [-0.3, -0.25) is 24.8 Å². The molecule has 8 nitrogen and oxygen atoms in total. The third kappa shape index (κ3) is 5.46. The molecule has 1 aliphatic carbocycles. The lowest BCUT2D eigenvalue weighted by molar-refractivity contribution is -0.945. The van der Waals surface area contributed by atoms with Gasteiger partial charge in [0.15, 0.2) is 5.92 Å². The minimum atomic E-state index is -0.993. The van der Waals surface area contributed by atoms with Gasteiger partial charge in [0.25, 0.3) is 0 Å². The summed E-state index contributed by atoms with van der Waals surface area (Å²) in [5, 5.41) is 4.61. The molecule has 1 atom stereocenters. The largest absolute Gasteiger partial charge is 0.337 e. The number of nitrogens with zero attached hydrogens (tertiary/aromatic N) is 2. The highest BCUT2D eigenvalue weighted by atomic mass is 16.2. The average Bonchev–Trinajstić information content (AvgIpc) is 2.68. The first kappa shape index (κ1) is 19.7. The summed E-state index contributed by atoms with van der Waals surface area (Å²) in [7, 11) is 0. The predicted molar refractivity (Wildman–Crippen MR) is 100 cm³/mol. The van der Waals surface area contributed by atoms with Gasteiger partial charge in [-0.2, -0.15) is 0 Å². The molecule has 27 heavy (non-hydrogen) atoms. The smallest absolute Gasteiger partial charge is 0.330 e. The molecule has 3 rings (SSSR count). The van der Waals surface area contributed by atoms with Gasteiger partial charge < -0.3 is 10.2 Å². The van der Waals surface area contributed by atoms with E-state index in [9.17, 15) is 14.4 Å². The molecule has 0 unspecified atom stereocenters. The van der Waals surface area contributed by atoms with Crippen LogP contribution in [-0.2, 0) is 9.59 Å². The number of aliphatic imine (C=N–C) groups is 1. The third-order valence-corrected chi connectivity index (χ3v) is 5.58. The van der Waals surface area contributed by atoms with Crippen LogP contribution < -0.4 is 15.5 Å². The molecule has 0 aromatic heterocycles. The molecular formula is C19H31N5O3+2. The van der Waals surface area contributed by atoms with Gasteiger partial charge in [0, 0.05) is 12.8 Å². The van der Waals surface area contributed by atoms with Gasteiger partial charge in [0.1, 0.15) is 26.2 Å². The van der Waals surface area contributed by atoms with Crippen LogP contribution >= 0.6 is 0 Å². The summed E-state index contributed by atoms with van der Waals surface area (Å²) in [4.78, 5) is 43.8. The topological polar surface area (TPSA) is 99.9 Å². The number of quaternary nitrogens is 2. The zero-order valence-electron chi connectivity index (χ0n) is 15.9. The van der Waals surface area contributed by atoms with E-state index in [-0.39, 0.29) is 0 Å². The Hall–Kier alpha value is -2.06.